The van der Waals surface area contributed by atoms with Crippen molar-refractivity contribution in [3.8, 4) is 6.01 Å². The number of aromatic nitrogens is 2. The minimum atomic E-state index is -0.0190. The number of anilines is 2. The molecule has 0 saturated carbocycles. The highest BCUT2D eigenvalue weighted by atomic mass is 32.2. The van der Waals surface area contributed by atoms with E-state index < -0.39 is 0 Å². The van der Waals surface area contributed by atoms with Gasteiger partial charge >= 0.3 is 6.01 Å². The van der Waals surface area contributed by atoms with Crippen LogP contribution in [-0.2, 0) is 17.8 Å². The minimum Gasteiger partial charge on any atom is -0.467 e. The van der Waals surface area contributed by atoms with Crippen LogP contribution in [0, 0.1) is 0 Å². The fourth-order valence-corrected chi connectivity index (χ4v) is 7.13. The summed E-state index contributed by atoms with van der Waals surface area (Å²) in [5.74, 6) is 0.919. The lowest BCUT2D eigenvalue weighted by atomic mass is 10.0. The molecule has 0 spiro atoms. The molecular weight excluding hydrogens is 544 g/mol. The molecule has 6 rings (SSSR count). The topological polar surface area (TPSA) is 65.0 Å². The maximum atomic E-state index is 12.1. The zero-order valence-corrected chi connectivity index (χ0v) is 26.3. The summed E-state index contributed by atoms with van der Waals surface area (Å²) in [4.78, 5) is 30.6. The number of nitrogens with zero attached hydrogens (tertiary/aromatic N) is 6. The van der Waals surface area contributed by atoms with Gasteiger partial charge < -0.3 is 24.3 Å². The van der Waals surface area contributed by atoms with Crippen molar-refractivity contribution >= 4 is 39.9 Å². The standard InChI is InChI=1S/C26H29N5O2.C7H15NS/c1-4-24(32)30-14-15-31(18(2)16-30)25-21-12-13-29(17-22(21)27-26(28-25)33-3)23-11-7-9-19-8-5-6-10-20(19)23;1-8-5-3-4-7(6-8)9-2/h4-11,18H,1,12-17H2,2-3H3;7H,3-6H2,1-2H3. The largest absolute Gasteiger partial charge is 0.467 e. The van der Waals surface area contributed by atoms with Crippen LogP contribution in [0.2, 0.25) is 0 Å². The Bertz CT molecular complexity index is 1390. The third kappa shape index (κ3) is 6.68. The van der Waals surface area contributed by atoms with Gasteiger partial charge in [0.15, 0.2) is 0 Å². The number of likely N-dealkylation sites (tertiary alicyclic amines) is 1. The van der Waals surface area contributed by atoms with Crippen LogP contribution in [-0.4, -0.2) is 96.6 Å². The number of amides is 1. The Kier molecular flexibility index (Phi) is 9.90. The van der Waals surface area contributed by atoms with Gasteiger partial charge in [-0.3, -0.25) is 4.79 Å². The van der Waals surface area contributed by atoms with Gasteiger partial charge in [0.1, 0.15) is 5.82 Å². The predicted molar refractivity (Wildman–Crippen MR) is 175 cm³/mol. The summed E-state index contributed by atoms with van der Waals surface area (Å²) in [7, 11) is 3.82. The Labute approximate surface area is 254 Å². The van der Waals surface area contributed by atoms with Crippen molar-refractivity contribution < 1.29 is 9.53 Å². The first-order valence-corrected chi connectivity index (χ1v) is 16.3. The Hall–Kier alpha value is -3.30. The lowest BCUT2D eigenvalue weighted by Gasteiger charge is -2.42. The monoisotopic (exact) mass is 588 g/mol. The molecule has 3 aliphatic rings. The van der Waals surface area contributed by atoms with Gasteiger partial charge in [-0.2, -0.15) is 21.7 Å². The van der Waals surface area contributed by atoms with Crippen molar-refractivity contribution in [1.82, 2.24) is 19.8 Å². The van der Waals surface area contributed by atoms with E-state index in [4.69, 9.17) is 14.7 Å². The molecule has 2 unspecified atom stereocenters. The van der Waals surface area contributed by atoms with Crippen LogP contribution < -0.4 is 14.5 Å². The van der Waals surface area contributed by atoms with Gasteiger partial charge in [0.2, 0.25) is 5.91 Å². The van der Waals surface area contributed by atoms with Gasteiger partial charge in [-0.05, 0) is 63.6 Å². The van der Waals surface area contributed by atoms with Crippen molar-refractivity contribution in [2.24, 2.45) is 0 Å². The molecule has 1 amide bonds. The first-order chi connectivity index (χ1) is 20.4. The van der Waals surface area contributed by atoms with Gasteiger partial charge in [-0.15, -0.1) is 0 Å². The molecule has 2 aromatic carbocycles. The third-order valence-electron chi connectivity index (χ3n) is 8.61. The summed E-state index contributed by atoms with van der Waals surface area (Å²) < 4.78 is 5.49. The Morgan fingerprint density at radius 2 is 1.88 bits per heavy atom. The number of piperazine rings is 1. The number of ether oxygens (including phenoxy) is 1. The summed E-state index contributed by atoms with van der Waals surface area (Å²) >= 11 is 2.01. The number of hydrogen-bond acceptors (Lipinski definition) is 8. The smallest absolute Gasteiger partial charge is 0.318 e. The van der Waals surface area contributed by atoms with Crippen molar-refractivity contribution in [2.75, 3.05) is 69.5 Å². The molecule has 2 fully saturated rings. The number of hydrogen-bond donors (Lipinski definition) is 0. The SMILES string of the molecule is C=CC(=O)N1CCN(c2nc(OC)nc3c2CCN(c2cccc4ccccc24)C3)C(C)C1.CSC1CCCN(C)C1. The van der Waals surface area contributed by atoms with Gasteiger partial charge in [0.25, 0.3) is 0 Å². The van der Waals surface area contributed by atoms with E-state index in [1.54, 1.807) is 7.11 Å². The lowest BCUT2D eigenvalue weighted by molar-refractivity contribution is -0.126. The molecule has 2 atom stereocenters. The highest BCUT2D eigenvalue weighted by Gasteiger charge is 2.32. The molecule has 8 nitrogen and oxygen atoms in total. The summed E-state index contributed by atoms with van der Waals surface area (Å²) in [6.07, 6.45) is 7.27. The van der Waals surface area contributed by atoms with Crippen LogP contribution in [0.1, 0.15) is 31.0 Å². The van der Waals surface area contributed by atoms with Gasteiger partial charge in [0.05, 0.1) is 19.3 Å². The number of piperidine rings is 1. The third-order valence-corrected chi connectivity index (χ3v) is 9.66. The van der Waals surface area contributed by atoms with E-state index >= 15 is 0 Å². The number of carbonyl (C=O) groups is 1. The molecule has 0 N–H and O–H groups in total. The molecule has 3 aromatic rings. The van der Waals surface area contributed by atoms with E-state index in [2.05, 4.69) is 84.0 Å². The molecule has 0 aliphatic carbocycles. The maximum Gasteiger partial charge on any atom is 0.318 e. The molecule has 42 heavy (non-hydrogen) atoms. The summed E-state index contributed by atoms with van der Waals surface area (Å²) in [6.45, 7) is 12.0. The molecule has 2 saturated heterocycles. The average molecular weight is 589 g/mol. The van der Waals surface area contributed by atoms with E-state index in [0.717, 1.165) is 36.3 Å². The van der Waals surface area contributed by atoms with E-state index in [1.807, 2.05) is 16.7 Å². The van der Waals surface area contributed by atoms with Crippen molar-refractivity contribution in [1.29, 1.82) is 0 Å². The first kappa shape index (κ1) is 30.2. The second-order valence-corrected chi connectivity index (χ2v) is 12.6. The number of benzene rings is 2. The zero-order chi connectivity index (χ0) is 29.6. The molecule has 9 heteroatoms. The normalized spacial score (nSPS) is 20.9. The first-order valence-electron chi connectivity index (χ1n) is 15.0. The van der Waals surface area contributed by atoms with Crippen LogP contribution in [0.5, 0.6) is 6.01 Å². The number of carbonyl (C=O) groups excluding carboxylic acids is 1. The Balaban J connectivity index is 0.000000336. The number of fused-ring (bicyclic) bond motifs is 2. The predicted octanol–water partition coefficient (Wildman–Crippen LogP) is 4.87. The second-order valence-electron chi connectivity index (χ2n) is 11.4. The second kappa shape index (κ2) is 13.8. The highest BCUT2D eigenvalue weighted by molar-refractivity contribution is 7.99. The summed E-state index contributed by atoms with van der Waals surface area (Å²) in [5.41, 5.74) is 3.42. The highest BCUT2D eigenvalue weighted by Crippen LogP contribution is 2.35. The molecule has 0 bridgehead atoms. The summed E-state index contributed by atoms with van der Waals surface area (Å²) in [6, 6.07) is 15.5. The zero-order valence-electron chi connectivity index (χ0n) is 25.5. The van der Waals surface area contributed by atoms with Crippen molar-refractivity contribution in [3.63, 3.8) is 0 Å². The van der Waals surface area contributed by atoms with Crippen LogP contribution in [0.15, 0.2) is 55.1 Å². The quantitative estimate of drug-likeness (QED) is 0.392. The van der Waals surface area contributed by atoms with Crippen LogP contribution in [0.25, 0.3) is 10.8 Å². The van der Waals surface area contributed by atoms with E-state index in [0.29, 0.717) is 25.6 Å². The summed E-state index contributed by atoms with van der Waals surface area (Å²) in [5, 5.41) is 3.40. The molecule has 0 radical (unpaired) electrons. The van der Waals surface area contributed by atoms with Crippen LogP contribution in [0.3, 0.4) is 0 Å². The molecule has 4 heterocycles. The molecule has 1 aromatic heterocycles. The maximum absolute atomic E-state index is 12.1. The van der Waals surface area contributed by atoms with E-state index in [-0.39, 0.29) is 11.9 Å². The lowest BCUT2D eigenvalue weighted by Crippen LogP contribution is -2.54. The van der Waals surface area contributed by atoms with Crippen LogP contribution in [0.4, 0.5) is 11.5 Å². The van der Waals surface area contributed by atoms with Crippen molar-refractivity contribution in [2.45, 2.75) is 44.0 Å². The number of methoxy groups -OCH3 is 1. The fourth-order valence-electron chi connectivity index (χ4n) is 6.32. The minimum absolute atomic E-state index is 0.0190. The van der Waals surface area contributed by atoms with Gasteiger partial charge in [-0.25, -0.2) is 0 Å². The average Bonchev–Trinajstić information content (AvgIpc) is 3.03. The van der Waals surface area contributed by atoms with Gasteiger partial charge in [-0.1, -0.05) is 43.0 Å². The van der Waals surface area contributed by atoms with E-state index in [1.165, 1.54) is 54.0 Å². The number of thioether (sulfide) groups is 1. The fraction of sp³-hybridized carbons (Fsp3) is 0.485. The number of rotatable bonds is 5. The van der Waals surface area contributed by atoms with E-state index in [9.17, 15) is 4.79 Å². The Morgan fingerprint density at radius 1 is 1.07 bits per heavy atom. The molecular formula is C33H44N6O2S. The Morgan fingerprint density at radius 3 is 2.60 bits per heavy atom. The van der Waals surface area contributed by atoms with Crippen LogP contribution >= 0.6 is 11.8 Å². The van der Waals surface area contributed by atoms with Gasteiger partial charge in [0, 0.05) is 60.7 Å². The molecule has 3 aliphatic heterocycles. The molecule has 224 valence electrons. The van der Waals surface area contributed by atoms with Crippen molar-refractivity contribution in [3.05, 3.63) is 66.4 Å².